The van der Waals surface area contributed by atoms with E-state index in [0.717, 1.165) is 5.57 Å². The number of nitrogens with zero attached hydrogens (tertiary/aromatic N) is 1. The third kappa shape index (κ3) is 2.49. The van der Waals surface area contributed by atoms with Crippen LogP contribution in [0.4, 0.5) is 0 Å². The molecular formula is C8H8Cl2N2O2. The van der Waals surface area contributed by atoms with E-state index in [1.165, 1.54) is 16.3 Å². The molecule has 1 heterocycles. The Morgan fingerprint density at radius 2 is 2.29 bits per heavy atom. The van der Waals surface area contributed by atoms with Crippen molar-refractivity contribution in [1.82, 2.24) is 9.55 Å². The molecule has 14 heavy (non-hydrogen) atoms. The fraction of sp³-hybridized carbons (Fsp3) is 0.250. The highest BCUT2D eigenvalue weighted by Crippen LogP contribution is 2.01. The third-order valence-electron chi connectivity index (χ3n) is 1.57. The smallest absolute Gasteiger partial charge is 0.295 e. The molecule has 0 spiro atoms. The molecule has 0 atom stereocenters. The van der Waals surface area contributed by atoms with Gasteiger partial charge in [-0.1, -0.05) is 23.2 Å². The zero-order valence-electron chi connectivity index (χ0n) is 7.38. The van der Waals surface area contributed by atoms with Crippen molar-refractivity contribution in [2.24, 2.45) is 0 Å². The molecule has 0 fully saturated rings. The largest absolute Gasteiger partial charge is 0.328 e. The second-order valence-corrected chi connectivity index (χ2v) is 3.45. The second-order valence-electron chi connectivity index (χ2n) is 2.82. The van der Waals surface area contributed by atoms with Crippen LogP contribution in [0.1, 0.15) is 6.92 Å². The number of aromatic nitrogens is 2. The van der Waals surface area contributed by atoms with Gasteiger partial charge in [-0.2, -0.15) is 0 Å². The van der Waals surface area contributed by atoms with Gasteiger partial charge in [0.1, 0.15) is 5.02 Å². The second kappa shape index (κ2) is 4.48. The lowest BCUT2D eigenvalue weighted by Crippen LogP contribution is -2.29. The summed E-state index contributed by atoms with van der Waals surface area (Å²) in [6, 6.07) is 0. The van der Waals surface area contributed by atoms with Gasteiger partial charge in [0, 0.05) is 18.3 Å². The first-order valence-corrected chi connectivity index (χ1v) is 4.61. The summed E-state index contributed by atoms with van der Waals surface area (Å²) in [5.41, 5.74) is 1.07. The number of H-pyrrole nitrogens is 1. The van der Waals surface area contributed by atoms with Gasteiger partial charge >= 0.3 is 5.69 Å². The number of halogens is 2. The predicted octanol–water partition coefficient (Wildman–Crippen LogP) is 1.33. The van der Waals surface area contributed by atoms with Gasteiger partial charge in [-0.15, -0.1) is 0 Å². The Labute approximate surface area is 89.8 Å². The van der Waals surface area contributed by atoms with Crippen LogP contribution in [-0.2, 0) is 6.54 Å². The molecule has 0 aromatic carbocycles. The van der Waals surface area contributed by atoms with Gasteiger partial charge in [-0.05, 0) is 12.5 Å². The Kier molecular flexibility index (Phi) is 3.55. The van der Waals surface area contributed by atoms with E-state index in [0.29, 0.717) is 6.54 Å². The molecule has 0 aliphatic rings. The summed E-state index contributed by atoms with van der Waals surface area (Å²) in [7, 11) is 0. The highest BCUT2D eigenvalue weighted by Gasteiger charge is 2.01. The van der Waals surface area contributed by atoms with Crippen LogP contribution in [0, 0.1) is 0 Å². The fourth-order valence-electron chi connectivity index (χ4n) is 0.903. The van der Waals surface area contributed by atoms with Crippen LogP contribution in [-0.4, -0.2) is 9.55 Å². The topological polar surface area (TPSA) is 54.9 Å². The van der Waals surface area contributed by atoms with Crippen molar-refractivity contribution in [2.45, 2.75) is 13.5 Å². The molecule has 1 aromatic heterocycles. The molecule has 0 unspecified atom stereocenters. The van der Waals surface area contributed by atoms with Crippen LogP contribution < -0.4 is 11.2 Å². The highest BCUT2D eigenvalue weighted by molar-refractivity contribution is 6.30. The normalized spacial score (nSPS) is 11.8. The number of hydrogen-bond donors (Lipinski definition) is 1. The number of rotatable bonds is 2. The van der Waals surface area contributed by atoms with Crippen molar-refractivity contribution < 1.29 is 0 Å². The summed E-state index contributed by atoms with van der Waals surface area (Å²) in [4.78, 5) is 24.2. The summed E-state index contributed by atoms with van der Waals surface area (Å²) in [6.45, 7) is 2.07. The zero-order chi connectivity index (χ0) is 10.7. The van der Waals surface area contributed by atoms with Gasteiger partial charge in [-0.25, -0.2) is 4.79 Å². The lowest BCUT2D eigenvalue weighted by Gasteiger charge is -2.04. The van der Waals surface area contributed by atoms with E-state index >= 15 is 0 Å². The van der Waals surface area contributed by atoms with Crippen LogP contribution in [0.2, 0.25) is 5.02 Å². The van der Waals surface area contributed by atoms with Gasteiger partial charge in [0.05, 0.1) is 0 Å². The van der Waals surface area contributed by atoms with E-state index in [2.05, 4.69) is 4.98 Å². The molecule has 1 rings (SSSR count). The molecule has 1 aromatic rings. The van der Waals surface area contributed by atoms with Crippen LogP contribution in [0.15, 0.2) is 26.9 Å². The summed E-state index contributed by atoms with van der Waals surface area (Å²) in [6.07, 6.45) is 1.28. The predicted molar refractivity (Wildman–Crippen MR) is 55.9 cm³/mol. The molecular weight excluding hydrogens is 227 g/mol. The summed E-state index contributed by atoms with van der Waals surface area (Å²) < 4.78 is 1.28. The van der Waals surface area contributed by atoms with Crippen LogP contribution >= 0.6 is 23.2 Å². The molecule has 0 radical (unpaired) electrons. The van der Waals surface area contributed by atoms with E-state index in [1.54, 1.807) is 6.92 Å². The Hall–Kier alpha value is -1.00. The SMILES string of the molecule is C/C(=C/Cl)Cn1cc(Cl)c(=O)[nH]c1=O. The first-order chi connectivity index (χ1) is 6.54. The monoisotopic (exact) mass is 234 g/mol. The molecule has 4 nitrogen and oxygen atoms in total. The maximum absolute atomic E-state index is 11.2. The third-order valence-corrected chi connectivity index (χ3v) is 2.22. The maximum atomic E-state index is 11.2. The lowest BCUT2D eigenvalue weighted by molar-refractivity contribution is 0.711. The van der Waals surface area contributed by atoms with Crippen molar-refractivity contribution in [1.29, 1.82) is 0 Å². The van der Waals surface area contributed by atoms with Crippen LogP contribution in [0.5, 0.6) is 0 Å². The van der Waals surface area contributed by atoms with E-state index in [1.807, 2.05) is 0 Å². The van der Waals surface area contributed by atoms with Crippen LogP contribution in [0.25, 0.3) is 0 Å². The number of aromatic amines is 1. The molecule has 0 saturated carbocycles. The first kappa shape index (κ1) is 11.1. The van der Waals surface area contributed by atoms with Gasteiger partial charge in [-0.3, -0.25) is 14.3 Å². The number of hydrogen-bond acceptors (Lipinski definition) is 2. The quantitative estimate of drug-likeness (QED) is 0.840. The van der Waals surface area contributed by atoms with Gasteiger partial charge in [0.15, 0.2) is 0 Å². The lowest BCUT2D eigenvalue weighted by atomic mass is 10.3. The molecule has 0 aliphatic heterocycles. The van der Waals surface area contributed by atoms with E-state index < -0.39 is 11.2 Å². The fourth-order valence-corrected chi connectivity index (χ4v) is 1.14. The van der Waals surface area contributed by atoms with Crippen molar-refractivity contribution in [3.63, 3.8) is 0 Å². The Morgan fingerprint density at radius 1 is 1.64 bits per heavy atom. The van der Waals surface area contributed by atoms with Crippen molar-refractivity contribution in [3.8, 4) is 0 Å². The Morgan fingerprint density at radius 3 is 2.86 bits per heavy atom. The molecule has 0 saturated heterocycles. The molecule has 0 amide bonds. The zero-order valence-corrected chi connectivity index (χ0v) is 8.89. The average molecular weight is 235 g/mol. The molecule has 0 bridgehead atoms. The maximum Gasteiger partial charge on any atom is 0.328 e. The van der Waals surface area contributed by atoms with E-state index in [-0.39, 0.29) is 5.02 Å². The van der Waals surface area contributed by atoms with Crippen molar-refractivity contribution >= 4 is 23.2 Å². The summed E-state index contributed by atoms with van der Waals surface area (Å²) >= 11 is 11.0. The first-order valence-electron chi connectivity index (χ1n) is 3.79. The van der Waals surface area contributed by atoms with E-state index in [9.17, 15) is 9.59 Å². The number of nitrogens with one attached hydrogen (secondary N) is 1. The van der Waals surface area contributed by atoms with Crippen LogP contribution in [0.3, 0.4) is 0 Å². The highest BCUT2D eigenvalue weighted by atomic mass is 35.5. The summed E-state index contributed by atoms with van der Waals surface area (Å²) in [5.74, 6) is 0. The Balaban J connectivity index is 3.17. The molecule has 6 heteroatoms. The number of allylic oxidation sites excluding steroid dienone is 1. The van der Waals surface area contributed by atoms with Crippen molar-refractivity contribution in [3.05, 3.63) is 43.2 Å². The average Bonchev–Trinajstić information content (AvgIpc) is 2.14. The molecule has 76 valence electrons. The Bertz CT molecular complexity index is 473. The van der Waals surface area contributed by atoms with Gasteiger partial charge in [0.2, 0.25) is 0 Å². The van der Waals surface area contributed by atoms with E-state index in [4.69, 9.17) is 23.2 Å². The minimum atomic E-state index is -0.583. The minimum absolute atomic E-state index is 0.0213. The molecule has 0 aliphatic carbocycles. The van der Waals surface area contributed by atoms with Gasteiger partial charge < -0.3 is 0 Å². The minimum Gasteiger partial charge on any atom is -0.295 e. The molecule has 1 N–H and O–H groups in total. The van der Waals surface area contributed by atoms with Crippen molar-refractivity contribution in [2.75, 3.05) is 0 Å². The summed E-state index contributed by atoms with van der Waals surface area (Å²) in [5, 5.41) is -0.0213. The standard InChI is InChI=1S/C8H8Cl2N2O2/c1-5(2-9)3-12-4-6(10)7(13)11-8(12)14/h2,4H,3H2,1H3,(H,11,13,14)/b5-2-. The van der Waals surface area contributed by atoms with Gasteiger partial charge in [0.25, 0.3) is 5.56 Å².